The van der Waals surface area contributed by atoms with Crippen molar-refractivity contribution in [3.63, 3.8) is 0 Å². The molecule has 0 bridgehead atoms. The number of rotatable bonds is 6. The van der Waals surface area contributed by atoms with Gasteiger partial charge in [-0.05, 0) is 35.7 Å². The molecular weight excluding hydrogens is 446 g/mol. The summed E-state index contributed by atoms with van der Waals surface area (Å²) in [4.78, 5) is 17.1. The quantitative estimate of drug-likeness (QED) is 0.356. The predicted octanol–water partition coefficient (Wildman–Crippen LogP) is 3.77. The number of fused-ring (bicyclic) bond motifs is 1. The fourth-order valence-electron chi connectivity index (χ4n) is 3.49. The maximum absolute atomic E-state index is 13.1. The lowest BCUT2D eigenvalue weighted by Crippen LogP contribution is -2.21. The molecule has 0 amide bonds. The molecule has 3 aromatic heterocycles. The molecule has 0 unspecified atom stereocenters. The van der Waals surface area contributed by atoms with Gasteiger partial charge in [0.15, 0.2) is 5.16 Å². The first-order chi connectivity index (χ1) is 15.6. The van der Waals surface area contributed by atoms with Gasteiger partial charge in [0.05, 0.1) is 12.2 Å². The summed E-state index contributed by atoms with van der Waals surface area (Å²) in [5.74, 6) is 0.683. The van der Waals surface area contributed by atoms with Gasteiger partial charge < -0.3 is 0 Å². The predicted molar refractivity (Wildman–Crippen MR) is 123 cm³/mol. The number of hydrogen-bond donors (Lipinski definition) is 0. The lowest BCUT2D eigenvalue weighted by atomic mass is 10.1. The normalized spacial score (nSPS) is 11.3. The number of thioether (sulfide) groups is 1. The van der Waals surface area contributed by atoms with Gasteiger partial charge in [-0.15, -0.1) is 10.2 Å². The lowest BCUT2D eigenvalue weighted by Gasteiger charge is -2.11. The minimum Gasteiger partial charge on any atom is -0.279 e. The first kappa shape index (κ1) is 20.5. The molecule has 0 saturated heterocycles. The average molecular weight is 464 g/mol. The van der Waals surface area contributed by atoms with Crippen LogP contribution in [0.2, 0.25) is 5.02 Å². The number of nitrogens with zero attached hydrogens (tertiary/aromatic N) is 7. The maximum Gasteiger partial charge on any atom is 0.300 e. The molecule has 0 atom stereocenters. The zero-order chi connectivity index (χ0) is 22.1. The van der Waals surface area contributed by atoms with E-state index in [1.807, 2.05) is 31.2 Å². The summed E-state index contributed by atoms with van der Waals surface area (Å²) >= 11 is 7.76. The Morgan fingerprint density at radius 1 is 1.03 bits per heavy atom. The fraction of sp³-hybridized carbons (Fsp3) is 0.136. The fourth-order valence-corrected chi connectivity index (χ4v) is 4.62. The van der Waals surface area contributed by atoms with Crippen molar-refractivity contribution < 1.29 is 0 Å². The topological polar surface area (TPSA) is 82.9 Å². The largest absolute Gasteiger partial charge is 0.300 e. The zero-order valence-corrected chi connectivity index (χ0v) is 18.7. The highest BCUT2D eigenvalue weighted by Gasteiger charge is 2.14. The van der Waals surface area contributed by atoms with Crippen LogP contribution in [0.4, 0.5) is 0 Å². The minimum atomic E-state index is -0.246. The van der Waals surface area contributed by atoms with Gasteiger partial charge in [-0.25, -0.2) is 9.67 Å². The van der Waals surface area contributed by atoms with E-state index in [4.69, 9.17) is 11.6 Å². The van der Waals surface area contributed by atoms with Crippen LogP contribution in [0.25, 0.3) is 11.3 Å². The van der Waals surface area contributed by atoms with Crippen LogP contribution in [0.1, 0.15) is 16.7 Å². The van der Waals surface area contributed by atoms with Crippen LogP contribution in [0.5, 0.6) is 0 Å². The Morgan fingerprint density at radius 2 is 1.88 bits per heavy atom. The number of hydrogen-bond acceptors (Lipinski definition) is 6. The summed E-state index contributed by atoms with van der Waals surface area (Å²) < 4.78 is 5.06. The standard InChI is InChI=1S/C22H18ClN7OS/c1-15-18(23)7-4-8-19(15)29-9-10-30-20(21(29)31)26-27-22(30)32-12-17-6-3-2-5-16(17)11-28-14-24-13-25-28/h2-10,13-14H,11-12H2,1H3. The Kier molecular flexibility index (Phi) is 5.50. The third-order valence-electron chi connectivity index (χ3n) is 5.21. The van der Waals surface area contributed by atoms with E-state index >= 15 is 0 Å². The van der Waals surface area contributed by atoms with Crippen molar-refractivity contribution in [2.75, 3.05) is 0 Å². The zero-order valence-electron chi connectivity index (χ0n) is 17.1. The Hall–Kier alpha value is -3.43. The number of halogens is 1. The first-order valence-corrected chi connectivity index (χ1v) is 11.2. The second-order valence-corrected chi connectivity index (χ2v) is 8.53. The molecule has 8 nitrogen and oxygen atoms in total. The molecule has 0 aliphatic rings. The molecule has 0 fully saturated rings. The van der Waals surface area contributed by atoms with Gasteiger partial charge in [0, 0.05) is 23.2 Å². The van der Waals surface area contributed by atoms with Crippen molar-refractivity contribution in [2.45, 2.75) is 24.4 Å². The first-order valence-electron chi connectivity index (χ1n) is 9.85. The van der Waals surface area contributed by atoms with Crippen LogP contribution in [0.3, 0.4) is 0 Å². The summed E-state index contributed by atoms with van der Waals surface area (Å²) in [6.07, 6.45) is 6.75. The molecule has 0 radical (unpaired) electrons. The monoisotopic (exact) mass is 463 g/mol. The third kappa shape index (κ3) is 3.80. The highest BCUT2D eigenvalue weighted by molar-refractivity contribution is 7.98. The molecule has 2 aromatic carbocycles. The van der Waals surface area contributed by atoms with Crippen LogP contribution in [0, 0.1) is 6.92 Å². The van der Waals surface area contributed by atoms with Crippen LogP contribution >= 0.6 is 23.4 Å². The summed E-state index contributed by atoms with van der Waals surface area (Å²) in [6, 6.07) is 13.7. The highest BCUT2D eigenvalue weighted by Crippen LogP contribution is 2.25. The minimum absolute atomic E-state index is 0.246. The molecule has 0 N–H and O–H groups in total. The van der Waals surface area contributed by atoms with Crippen LogP contribution in [-0.4, -0.2) is 33.9 Å². The van der Waals surface area contributed by atoms with E-state index in [0.717, 1.165) is 22.4 Å². The van der Waals surface area contributed by atoms with Crippen LogP contribution < -0.4 is 5.56 Å². The summed E-state index contributed by atoms with van der Waals surface area (Å²) in [5, 5.41) is 13.9. The summed E-state index contributed by atoms with van der Waals surface area (Å²) in [7, 11) is 0. The van der Waals surface area contributed by atoms with Crippen molar-refractivity contribution in [1.82, 2.24) is 33.9 Å². The van der Waals surface area contributed by atoms with Gasteiger partial charge in [0.2, 0.25) is 5.65 Å². The van der Waals surface area contributed by atoms with Crippen LogP contribution in [-0.2, 0) is 12.3 Å². The second kappa shape index (κ2) is 8.60. The molecule has 0 saturated carbocycles. The number of benzene rings is 2. The van der Waals surface area contributed by atoms with Gasteiger partial charge >= 0.3 is 5.56 Å². The van der Waals surface area contributed by atoms with Gasteiger partial charge in [0.25, 0.3) is 0 Å². The van der Waals surface area contributed by atoms with Crippen molar-refractivity contribution in [1.29, 1.82) is 0 Å². The molecule has 0 aliphatic heterocycles. The third-order valence-corrected chi connectivity index (χ3v) is 6.61. The van der Waals surface area contributed by atoms with Crippen LogP contribution in [0.15, 0.2) is 77.5 Å². The van der Waals surface area contributed by atoms with E-state index < -0.39 is 0 Å². The lowest BCUT2D eigenvalue weighted by molar-refractivity contribution is 0.681. The Bertz CT molecular complexity index is 1460. The highest BCUT2D eigenvalue weighted by atomic mass is 35.5. The number of aromatic nitrogens is 7. The van der Waals surface area contributed by atoms with E-state index in [2.05, 4.69) is 32.4 Å². The van der Waals surface area contributed by atoms with Gasteiger partial charge in [-0.1, -0.05) is 53.7 Å². The summed E-state index contributed by atoms with van der Waals surface area (Å²) in [5.41, 5.74) is 3.89. The van der Waals surface area contributed by atoms with Crippen molar-refractivity contribution >= 4 is 29.0 Å². The molecule has 32 heavy (non-hydrogen) atoms. The smallest absolute Gasteiger partial charge is 0.279 e. The van der Waals surface area contributed by atoms with Gasteiger partial charge in [0.1, 0.15) is 12.7 Å². The summed E-state index contributed by atoms with van der Waals surface area (Å²) in [6.45, 7) is 2.52. The van der Waals surface area contributed by atoms with E-state index in [1.165, 1.54) is 18.1 Å². The molecule has 0 spiro atoms. The second-order valence-electron chi connectivity index (χ2n) is 7.18. The molecule has 3 heterocycles. The molecular formula is C22H18ClN7OS. The van der Waals surface area contributed by atoms with E-state index in [9.17, 15) is 4.79 Å². The van der Waals surface area contributed by atoms with E-state index in [0.29, 0.717) is 22.5 Å². The molecule has 160 valence electrons. The SMILES string of the molecule is Cc1c(Cl)cccc1-n1ccn2c(SCc3ccccc3Cn3cncn3)nnc2c1=O. The van der Waals surface area contributed by atoms with E-state index in [1.54, 1.807) is 38.4 Å². The molecule has 5 rings (SSSR count). The van der Waals surface area contributed by atoms with Gasteiger partial charge in [-0.2, -0.15) is 5.10 Å². The molecule has 5 aromatic rings. The van der Waals surface area contributed by atoms with Crippen molar-refractivity contribution in [3.05, 3.63) is 99.6 Å². The Labute approximate surface area is 192 Å². The Morgan fingerprint density at radius 3 is 2.69 bits per heavy atom. The van der Waals surface area contributed by atoms with Crippen molar-refractivity contribution in [3.8, 4) is 5.69 Å². The van der Waals surface area contributed by atoms with Crippen molar-refractivity contribution in [2.24, 2.45) is 0 Å². The molecule has 10 heteroatoms. The maximum atomic E-state index is 13.1. The molecule has 0 aliphatic carbocycles. The van der Waals surface area contributed by atoms with Gasteiger partial charge in [-0.3, -0.25) is 13.8 Å². The van der Waals surface area contributed by atoms with E-state index in [-0.39, 0.29) is 11.2 Å². The Balaban J connectivity index is 1.43. The average Bonchev–Trinajstić information content (AvgIpc) is 3.46.